The van der Waals surface area contributed by atoms with Gasteiger partial charge in [-0.25, -0.2) is 4.57 Å². The van der Waals surface area contributed by atoms with Crippen LogP contribution < -0.4 is 5.73 Å². The van der Waals surface area contributed by atoms with Gasteiger partial charge in [-0.3, -0.25) is 18.6 Å². The summed E-state index contributed by atoms with van der Waals surface area (Å²) in [6, 6.07) is 0. The summed E-state index contributed by atoms with van der Waals surface area (Å²) < 4.78 is 32.1. The zero-order valence-corrected chi connectivity index (χ0v) is 25.6. The molecule has 232 valence electrons. The molecular formula is C31H50NO8P. The molecule has 3 N–H and O–H groups in total. The normalized spacial score (nSPS) is 14.7. The van der Waals surface area contributed by atoms with E-state index in [9.17, 15) is 19.0 Å². The van der Waals surface area contributed by atoms with E-state index in [1.165, 1.54) is 0 Å². The van der Waals surface area contributed by atoms with Crippen LogP contribution in [0.25, 0.3) is 0 Å². The largest absolute Gasteiger partial charge is 0.472 e. The standard InChI is InChI=1S/C31H50NO8P/c1-3-5-7-9-11-13-15-17-19-21-23-30(33)37-27-29(28-39-41(35,36)38-26-25-32)40-31(34)24-22-20-18-16-14-12-10-8-6-4-2/h7-10,13-16,19-22,29H,3-6,11-12,17-18,23-28,32H2,1-2H3,(H,35,36)/t29-/m1/s1. The second-order valence-corrected chi connectivity index (χ2v) is 10.4. The number of unbranched alkanes of at least 4 members (excludes halogenated alkanes) is 2. The van der Waals surface area contributed by atoms with E-state index in [0.29, 0.717) is 12.8 Å². The molecule has 0 amide bonds. The van der Waals surface area contributed by atoms with Gasteiger partial charge < -0.3 is 20.1 Å². The van der Waals surface area contributed by atoms with Gasteiger partial charge in [0.05, 0.1) is 26.1 Å². The SMILES string of the molecule is CCCC=CCC=CCC=CCC(=O)OC[C@H](COP(=O)(O)OCCN)OC(=O)CC=CCC=CCC=CCCC. The van der Waals surface area contributed by atoms with Crippen LogP contribution in [0.5, 0.6) is 0 Å². The van der Waals surface area contributed by atoms with Crippen molar-refractivity contribution < 1.29 is 37.6 Å². The molecular weight excluding hydrogens is 545 g/mol. The van der Waals surface area contributed by atoms with E-state index in [2.05, 4.69) is 50.3 Å². The average molecular weight is 596 g/mol. The Bertz CT molecular complexity index is 908. The minimum atomic E-state index is -4.40. The molecule has 0 heterocycles. The third-order valence-electron chi connectivity index (χ3n) is 5.09. The molecule has 0 saturated heterocycles. The topological polar surface area (TPSA) is 134 Å². The van der Waals surface area contributed by atoms with Crippen molar-refractivity contribution in [3.05, 3.63) is 72.9 Å². The maximum Gasteiger partial charge on any atom is 0.472 e. The quantitative estimate of drug-likeness (QED) is 0.0663. The van der Waals surface area contributed by atoms with E-state index in [1.807, 2.05) is 24.3 Å². The first-order valence-electron chi connectivity index (χ1n) is 14.4. The molecule has 2 atom stereocenters. The van der Waals surface area contributed by atoms with E-state index < -0.39 is 32.5 Å². The van der Waals surface area contributed by atoms with E-state index in [0.717, 1.165) is 38.5 Å². The van der Waals surface area contributed by atoms with Gasteiger partial charge in [0, 0.05) is 6.54 Å². The first-order valence-corrected chi connectivity index (χ1v) is 15.9. The number of carbonyl (C=O) groups excluding carboxylic acids is 2. The lowest BCUT2D eigenvalue weighted by Crippen LogP contribution is -2.29. The summed E-state index contributed by atoms with van der Waals surface area (Å²) in [5.41, 5.74) is 5.28. The molecule has 0 aliphatic carbocycles. The highest BCUT2D eigenvalue weighted by atomic mass is 31.2. The van der Waals surface area contributed by atoms with E-state index in [4.69, 9.17) is 24.3 Å². The Labute approximate surface area is 246 Å². The third kappa shape index (κ3) is 27.4. The minimum Gasteiger partial charge on any atom is -0.461 e. The monoisotopic (exact) mass is 595 g/mol. The number of nitrogens with two attached hydrogens (primary N) is 1. The van der Waals surface area contributed by atoms with E-state index >= 15 is 0 Å². The lowest BCUT2D eigenvalue weighted by Gasteiger charge is -2.19. The highest BCUT2D eigenvalue weighted by Gasteiger charge is 2.25. The Morgan fingerprint density at radius 2 is 1.17 bits per heavy atom. The van der Waals surface area contributed by atoms with Crippen LogP contribution in [0.15, 0.2) is 72.9 Å². The molecule has 0 aliphatic rings. The summed E-state index contributed by atoms with van der Waals surface area (Å²) in [6.45, 7) is 3.28. The first-order chi connectivity index (χ1) is 19.8. The number of phosphoric acid groups is 1. The van der Waals surface area contributed by atoms with Gasteiger partial charge in [-0.15, -0.1) is 0 Å². The lowest BCUT2D eigenvalue weighted by molar-refractivity contribution is -0.160. The van der Waals surface area contributed by atoms with Crippen molar-refractivity contribution in [3.8, 4) is 0 Å². The van der Waals surface area contributed by atoms with Crippen LogP contribution in [0, 0.1) is 0 Å². The van der Waals surface area contributed by atoms with Crippen molar-refractivity contribution in [2.75, 3.05) is 26.4 Å². The Hall–Kier alpha value is -2.55. The van der Waals surface area contributed by atoms with Gasteiger partial charge in [0.1, 0.15) is 6.61 Å². The summed E-state index contributed by atoms with van der Waals surface area (Å²) in [4.78, 5) is 34.2. The number of ether oxygens (including phenoxy) is 2. The zero-order valence-electron chi connectivity index (χ0n) is 24.7. The fourth-order valence-corrected chi connectivity index (χ4v) is 3.76. The smallest absolute Gasteiger partial charge is 0.461 e. The van der Waals surface area contributed by atoms with E-state index in [1.54, 1.807) is 12.2 Å². The van der Waals surface area contributed by atoms with Gasteiger partial charge in [0.15, 0.2) is 6.10 Å². The molecule has 0 aromatic carbocycles. The van der Waals surface area contributed by atoms with Crippen molar-refractivity contribution in [3.63, 3.8) is 0 Å². The summed E-state index contributed by atoms with van der Waals surface area (Å²) in [6.07, 6.45) is 30.2. The van der Waals surface area contributed by atoms with Crippen molar-refractivity contribution in [1.29, 1.82) is 0 Å². The molecule has 0 rings (SSSR count). The highest BCUT2D eigenvalue weighted by Crippen LogP contribution is 2.43. The van der Waals surface area contributed by atoms with Gasteiger partial charge in [0.2, 0.25) is 0 Å². The van der Waals surface area contributed by atoms with Gasteiger partial charge in [-0.1, -0.05) is 99.6 Å². The Morgan fingerprint density at radius 3 is 1.66 bits per heavy atom. The number of carbonyl (C=O) groups is 2. The van der Waals surface area contributed by atoms with Crippen LogP contribution >= 0.6 is 7.82 Å². The summed E-state index contributed by atoms with van der Waals surface area (Å²) in [5.74, 6) is -1.12. The summed E-state index contributed by atoms with van der Waals surface area (Å²) >= 11 is 0. The van der Waals surface area contributed by atoms with Crippen LogP contribution in [-0.4, -0.2) is 49.3 Å². The molecule has 0 aromatic rings. The molecule has 0 saturated carbocycles. The fourth-order valence-electron chi connectivity index (χ4n) is 2.99. The molecule has 0 aromatic heterocycles. The van der Waals surface area contributed by atoms with Gasteiger partial charge in [-0.05, 0) is 38.5 Å². The number of phosphoric ester groups is 1. The molecule has 10 heteroatoms. The zero-order chi connectivity index (χ0) is 30.4. The highest BCUT2D eigenvalue weighted by molar-refractivity contribution is 7.47. The number of esters is 2. The van der Waals surface area contributed by atoms with Crippen molar-refractivity contribution in [1.82, 2.24) is 0 Å². The van der Waals surface area contributed by atoms with Crippen LogP contribution in [0.2, 0.25) is 0 Å². The molecule has 0 spiro atoms. The van der Waals surface area contributed by atoms with Crippen LogP contribution in [0.1, 0.15) is 78.1 Å². The number of hydrogen-bond acceptors (Lipinski definition) is 8. The molecule has 0 aliphatic heterocycles. The number of allylic oxidation sites excluding steroid dienone is 10. The second kappa shape index (κ2) is 27.6. The predicted octanol–water partition coefficient (Wildman–Crippen LogP) is 6.81. The number of hydrogen-bond donors (Lipinski definition) is 2. The van der Waals surface area contributed by atoms with Gasteiger partial charge >= 0.3 is 19.8 Å². The fraction of sp³-hybridized carbons (Fsp3) is 0.548. The average Bonchev–Trinajstić information content (AvgIpc) is 2.95. The molecule has 41 heavy (non-hydrogen) atoms. The molecule has 0 bridgehead atoms. The predicted molar refractivity (Wildman–Crippen MR) is 164 cm³/mol. The van der Waals surface area contributed by atoms with Crippen molar-refractivity contribution in [2.45, 2.75) is 84.2 Å². The minimum absolute atomic E-state index is 0.0141. The molecule has 0 radical (unpaired) electrons. The second-order valence-electron chi connectivity index (χ2n) is 8.94. The summed E-state index contributed by atoms with van der Waals surface area (Å²) in [5, 5.41) is 0. The van der Waals surface area contributed by atoms with Crippen molar-refractivity contribution in [2.24, 2.45) is 5.73 Å². The Morgan fingerprint density at radius 1 is 0.707 bits per heavy atom. The maximum absolute atomic E-state index is 12.3. The van der Waals surface area contributed by atoms with Crippen LogP contribution in [0.4, 0.5) is 0 Å². The summed E-state index contributed by atoms with van der Waals surface area (Å²) in [7, 11) is -4.40. The molecule has 9 nitrogen and oxygen atoms in total. The third-order valence-corrected chi connectivity index (χ3v) is 6.08. The van der Waals surface area contributed by atoms with Crippen LogP contribution in [0.3, 0.4) is 0 Å². The molecule has 0 fully saturated rings. The van der Waals surface area contributed by atoms with Gasteiger partial charge in [-0.2, -0.15) is 0 Å². The molecule has 1 unspecified atom stereocenters. The van der Waals surface area contributed by atoms with E-state index in [-0.39, 0.29) is 32.6 Å². The Balaban J connectivity index is 4.66. The number of rotatable bonds is 25. The van der Waals surface area contributed by atoms with Crippen molar-refractivity contribution >= 4 is 19.8 Å². The lowest BCUT2D eigenvalue weighted by atomic mass is 10.2. The first kappa shape index (κ1) is 38.5. The van der Waals surface area contributed by atoms with Crippen LogP contribution in [-0.2, 0) is 32.7 Å². The Kier molecular flexibility index (Phi) is 25.9. The van der Waals surface area contributed by atoms with Gasteiger partial charge in [0.25, 0.3) is 0 Å². The maximum atomic E-state index is 12.3.